The van der Waals surface area contributed by atoms with Crippen LogP contribution in [0.4, 0.5) is 0 Å². The zero-order chi connectivity index (χ0) is 29.8. The predicted molar refractivity (Wildman–Crippen MR) is 155 cm³/mol. The molecule has 224 valence electrons. The number of hydrogen-bond acceptors (Lipinski definition) is 7. The maximum absolute atomic E-state index is 14.7. The molecular formula is C31H40N6O5. The van der Waals surface area contributed by atoms with Crippen molar-refractivity contribution in [2.24, 2.45) is 17.8 Å². The van der Waals surface area contributed by atoms with Crippen LogP contribution in [0, 0.1) is 17.8 Å². The average Bonchev–Trinajstić information content (AvgIpc) is 3.49. The second-order valence-electron chi connectivity index (χ2n) is 12.6. The van der Waals surface area contributed by atoms with Gasteiger partial charge in [0.25, 0.3) is 5.91 Å². The van der Waals surface area contributed by atoms with Crippen LogP contribution in [0.15, 0.2) is 48.6 Å². The fourth-order valence-corrected chi connectivity index (χ4v) is 7.55. The summed E-state index contributed by atoms with van der Waals surface area (Å²) in [4.78, 5) is 48.4. The van der Waals surface area contributed by atoms with Crippen LogP contribution in [0.5, 0.6) is 0 Å². The highest BCUT2D eigenvalue weighted by Crippen LogP contribution is 2.58. The number of aromatic nitrogens is 3. The van der Waals surface area contributed by atoms with Gasteiger partial charge in [0.05, 0.1) is 35.6 Å². The van der Waals surface area contributed by atoms with Crippen molar-refractivity contribution in [1.82, 2.24) is 29.7 Å². The zero-order valence-corrected chi connectivity index (χ0v) is 24.7. The number of hydrogen-bond donors (Lipinski definition) is 1. The van der Waals surface area contributed by atoms with Crippen molar-refractivity contribution < 1.29 is 24.2 Å². The minimum atomic E-state index is -1.37. The third-order valence-corrected chi connectivity index (χ3v) is 9.23. The molecule has 11 heteroatoms. The van der Waals surface area contributed by atoms with E-state index in [0.717, 1.165) is 17.5 Å². The van der Waals surface area contributed by atoms with Crippen molar-refractivity contribution in [3.05, 3.63) is 48.6 Å². The predicted octanol–water partition coefficient (Wildman–Crippen LogP) is 1.97. The number of nitrogens with zero attached hydrogens (tertiary/aromatic N) is 6. The lowest BCUT2D eigenvalue weighted by Crippen LogP contribution is -2.59. The molecule has 5 heterocycles. The number of fused-ring (bicyclic) bond motifs is 3. The molecule has 2 saturated heterocycles. The topological polar surface area (TPSA) is 121 Å². The molecule has 0 aliphatic carbocycles. The van der Waals surface area contributed by atoms with Crippen molar-refractivity contribution in [3.8, 4) is 0 Å². The number of aliphatic hydroxyl groups excluding tert-OH is 1. The molecule has 0 radical (unpaired) electrons. The molecule has 2 aromatic rings. The molecule has 11 nitrogen and oxygen atoms in total. The number of aliphatic hydroxyl groups is 1. The van der Waals surface area contributed by atoms with Crippen molar-refractivity contribution in [1.29, 1.82) is 0 Å². The van der Waals surface area contributed by atoms with Gasteiger partial charge in [0.2, 0.25) is 11.8 Å². The number of carbonyl (C=O) groups excluding carboxylic acids is 3. The van der Waals surface area contributed by atoms with Gasteiger partial charge in [-0.1, -0.05) is 62.4 Å². The first-order valence-electron chi connectivity index (χ1n) is 15.0. The molecule has 0 saturated carbocycles. The first-order chi connectivity index (χ1) is 20.1. The van der Waals surface area contributed by atoms with Crippen LogP contribution in [0.3, 0.4) is 0 Å². The summed E-state index contributed by atoms with van der Waals surface area (Å²) < 4.78 is 8.57. The first-order valence-corrected chi connectivity index (χ1v) is 15.0. The minimum Gasteiger partial charge on any atom is -0.394 e. The van der Waals surface area contributed by atoms with Crippen LogP contribution in [0.2, 0.25) is 0 Å². The highest BCUT2D eigenvalue weighted by Gasteiger charge is 2.75. The summed E-state index contributed by atoms with van der Waals surface area (Å²) in [5, 5.41) is 19.1. The van der Waals surface area contributed by atoms with Crippen LogP contribution >= 0.6 is 0 Å². The Labute approximate surface area is 245 Å². The number of carbonyl (C=O) groups is 3. The van der Waals surface area contributed by atoms with E-state index in [-0.39, 0.29) is 43.5 Å². The van der Waals surface area contributed by atoms with Crippen LogP contribution in [-0.2, 0) is 25.8 Å². The molecule has 4 aliphatic heterocycles. The molecule has 6 rings (SSSR count). The lowest BCUT2D eigenvalue weighted by molar-refractivity contribution is -0.157. The maximum Gasteiger partial charge on any atom is 0.250 e. The van der Waals surface area contributed by atoms with Crippen molar-refractivity contribution in [2.45, 2.75) is 70.5 Å². The number of amides is 3. The fourth-order valence-electron chi connectivity index (χ4n) is 7.55. The van der Waals surface area contributed by atoms with E-state index in [1.807, 2.05) is 76.3 Å². The second-order valence-corrected chi connectivity index (χ2v) is 12.6. The highest BCUT2D eigenvalue weighted by atomic mass is 16.5. The Morgan fingerprint density at radius 2 is 1.76 bits per heavy atom. The maximum atomic E-state index is 14.7. The van der Waals surface area contributed by atoms with Gasteiger partial charge in [0, 0.05) is 19.6 Å². The normalized spacial score (nSPS) is 31.5. The van der Waals surface area contributed by atoms with Gasteiger partial charge in [-0.2, -0.15) is 0 Å². The van der Waals surface area contributed by atoms with E-state index >= 15 is 0 Å². The Kier molecular flexibility index (Phi) is 7.21. The van der Waals surface area contributed by atoms with Crippen molar-refractivity contribution >= 4 is 28.8 Å². The van der Waals surface area contributed by atoms with Crippen LogP contribution in [0.25, 0.3) is 11.0 Å². The van der Waals surface area contributed by atoms with E-state index in [0.29, 0.717) is 19.5 Å². The Hall–Kier alpha value is -3.57. The minimum absolute atomic E-state index is 0.126. The summed E-state index contributed by atoms with van der Waals surface area (Å²) in [5.74, 6) is -2.31. The van der Waals surface area contributed by atoms with E-state index in [2.05, 4.69) is 10.3 Å². The summed E-state index contributed by atoms with van der Waals surface area (Å²) in [7, 11) is 0. The standard InChI is InChI=1S/C31H40N6O5/c1-5-14-34-15-8-12-30(4)24(27(34)39)25-28(40)37(21(18-38)17-20(2)3)26-29(41)35(16-9-13-31(25,26)42-30)19-36-23-11-7-6-10-22(23)32-33-36/h6-13,20-21,24-26,38H,5,14-19H2,1-4H3/t21-,24+,25+,26?,30-,31+/m1/s1. The summed E-state index contributed by atoms with van der Waals surface area (Å²) in [5.41, 5.74) is -0.932. The molecule has 4 aliphatic rings. The second kappa shape index (κ2) is 10.6. The molecule has 6 atom stereocenters. The van der Waals surface area contributed by atoms with Gasteiger partial charge in [-0.3, -0.25) is 14.4 Å². The molecule has 1 spiro atoms. The van der Waals surface area contributed by atoms with Crippen molar-refractivity contribution in [2.75, 3.05) is 26.2 Å². The average molecular weight is 577 g/mol. The number of rotatable bonds is 8. The smallest absolute Gasteiger partial charge is 0.250 e. The highest BCUT2D eigenvalue weighted by molar-refractivity contribution is 6.00. The molecule has 2 fully saturated rings. The monoisotopic (exact) mass is 576 g/mol. The number of likely N-dealkylation sites (tertiary alicyclic amines) is 1. The number of para-hydroxylation sites is 1. The lowest BCUT2D eigenvalue weighted by Gasteiger charge is -2.40. The largest absolute Gasteiger partial charge is 0.394 e. The molecule has 1 N–H and O–H groups in total. The lowest BCUT2D eigenvalue weighted by atomic mass is 9.74. The fraction of sp³-hybridized carbons (Fsp3) is 0.581. The molecule has 1 aromatic carbocycles. The Balaban J connectivity index is 1.45. The summed E-state index contributed by atoms with van der Waals surface area (Å²) in [6.07, 6.45) is 8.82. The van der Waals surface area contributed by atoms with Gasteiger partial charge in [-0.25, -0.2) is 4.68 Å². The Morgan fingerprint density at radius 3 is 2.50 bits per heavy atom. The summed E-state index contributed by atoms with van der Waals surface area (Å²) in [6, 6.07) is 5.88. The Morgan fingerprint density at radius 1 is 1.02 bits per heavy atom. The van der Waals surface area contributed by atoms with Gasteiger partial charge < -0.3 is 24.5 Å². The molecule has 0 bridgehead atoms. The SMILES string of the molecule is CCCN1CC=C[C@@]2(C)O[C@]34C=CCN(Cn5nnc6ccccc65)C(=O)C3N([C@@H](CO)CC(C)C)C(=O)[C@@H]4[C@H]2C1=O. The van der Waals surface area contributed by atoms with E-state index in [1.54, 1.807) is 19.4 Å². The number of benzene rings is 1. The first kappa shape index (κ1) is 28.5. The van der Waals surface area contributed by atoms with Crippen molar-refractivity contribution in [3.63, 3.8) is 0 Å². The van der Waals surface area contributed by atoms with Gasteiger partial charge in [0.1, 0.15) is 23.8 Å². The van der Waals surface area contributed by atoms with Gasteiger partial charge in [-0.15, -0.1) is 5.10 Å². The molecule has 42 heavy (non-hydrogen) atoms. The van der Waals surface area contributed by atoms with E-state index in [1.165, 1.54) is 0 Å². The molecule has 1 aromatic heterocycles. The van der Waals surface area contributed by atoms with Crippen LogP contribution in [-0.4, -0.2) is 102 Å². The van der Waals surface area contributed by atoms with E-state index in [4.69, 9.17) is 4.74 Å². The van der Waals surface area contributed by atoms with Crippen LogP contribution < -0.4 is 0 Å². The van der Waals surface area contributed by atoms with Gasteiger partial charge >= 0.3 is 0 Å². The van der Waals surface area contributed by atoms with Crippen LogP contribution in [0.1, 0.15) is 40.5 Å². The van der Waals surface area contributed by atoms with Gasteiger partial charge in [0.15, 0.2) is 0 Å². The zero-order valence-electron chi connectivity index (χ0n) is 24.7. The molecule has 1 unspecified atom stereocenters. The Bertz CT molecular complexity index is 1450. The summed E-state index contributed by atoms with van der Waals surface area (Å²) in [6.45, 7) is 9.02. The summed E-state index contributed by atoms with van der Waals surface area (Å²) >= 11 is 0. The van der Waals surface area contributed by atoms with Gasteiger partial charge in [-0.05, 0) is 37.8 Å². The quantitative estimate of drug-likeness (QED) is 0.477. The molecular weight excluding hydrogens is 536 g/mol. The van der Waals surface area contributed by atoms with E-state index in [9.17, 15) is 19.5 Å². The number of ether oxygens (including phenoxy) is 1. The third kappa shape index (κ3) is 4.27. The third-order valence-electron chi connectivity index (χ3n) is 9.23. The van der Waals surface area contributed by atoms with E-state index < -0.39 is 35.1 Å². The molecule has 3 amide bonds.